The molecule has 0 aliphatic rings. The second-order valence-electron chi connectivity index (χ2n) is 7.10. The Balaban J connectivity index is 1.79. The van der Waals surface area contributed by atoms with Gasteiger partial charge in [0, 0.05) is 0 Å². The number of carbonyl (C=O) groups is 1. The van der Waals surface area contributed by atoms with Crippen LogP contribution in [0.1, 0.15) is 33.3 Å². The molecule has 0 spiro atoms. The minimum atomic E-state index is -0.678. The number of para-hydroxylation sites is 1. The van der Waals surface area contributed by atoms with E-state index < -0.39 is 6.10 Å². The van der Waals surface area contributed by atoms with Gasteiger partial charge in [-0.25, -0.2) is 4.39 Å². The fourth-order valence-electron chi connectivity index (χ4n) is 2.46. The van der Waals surface area contributed by atoms with Gasteiger partial charge in [-0.15, -0.1) is 0 Å². The molecule has 0 saturated heterocycles. The molecule has 4 nitrogen and oxygen atoms in total. The number of rotatable bonds is 7. The first-order valence-corrected chi connectivity index (χ1v) is 8.69. The van der Waals surface area contributed by atoms with Crippen molar-refractivity contribution in [1.29, 1.82) is 0 Å². The molecule has 2 rings (SSSR count). The maximum Gasteiger partial charge on any atom is 0.260 e. The molecule has 2 aromatic carbocycles. The van der Waals surface area contributed by atoms with Gasteiger partial charge in [0.2, 0.25) is 0 Å². The van der Waals surface area contributed by atoms with Gasteiger partial charge in [-0.3, -0.25) is 4.79 Å². The molecule has 0 radical (unpaired) electrons. The van der Waals surface area contributed by atoms with Gasteiger partial charge < -0.3 is 14.8 Å². The smallest absolute Gasteiger partial charge is 0.260 e. The largest absolute Gasteiger partial charge is 0.491 e. The maximum absolute atomic E-state index is 12.9. The first-order chi connectivity index (χ1) is 12.3. The summed E-state index contributed by atoms with van der Waals surface area (Å²) in [6.45, 7) is 8.77. The minimum absolute atomic E-state index is 0.0165. The molecule has 0 aromatic heterocycles. The van der Waals surface area contributed by atoms with Crippen LogP contribution >= 0.6 is 0 Å². The van der Waals surface area contributed by atoms with E-state index in [1.807, 2.05) is 24.3 Å². The monoisotopic (exact) mass is 359 g/mol. The van der Waals surface area contributed by atoms with Crippen molar-refractivity contribution < 1.29 is 18.7 Å². The Morgan fingerprint density at radius 1 is 1.12 bits per heavy atom. The third-order valence-corrected chi connectivity index (χ3v) is 3.85. The number of amides is 1. The van der Waals surface area contributed by atoms with Crippen molar-refractivity contribution in [1.82, 2.24) is 5.32 Å². The van der Waals surface area contributed by atoms with Crippen molar-refractivity contribution in [3.8, 4) is 11.5 Å². The van der Waals surface area contributed by atoms with Gasteiger partial charge >= 0.3 is 0 Å². The highest BCUT2D eigenvalue weighted by Gasteiger charge is 2.18. The molecule has 0 bridgehead atoms. The molecule has 2 aromatic rings. The van der Waals surface area contributed by atoms with Gasteiger partial charge in [-0.1, -0.05) is 39.0 Å². The number of benzene rings is 2. The second kappa shape index (κ2) is 8.70. The normalized spacial score (nSPS) is 12.3. The van der Waals surface area contributed by atoms with Crippen LogP contribution in [0.5, 0.6) is 11.5 Å². The average molecular weight is 359 g/mol. The van der Waals surface area contributed by atoms with Gasteiger partial charge in [0.05, 0.1) is 6.54 Å². The lowest BCUT2D eigenvalue weighted by Crippen LogP contribution is -2.38. The number of hydrogen-bond acceptors (Lipinski definition) is 3. The molecule has 0 aliphatic heterocycles. The molecule has 140 valence electrons. The first kappa shape index (κ1) is 19.8. The van der Waals surface area contributed by atoms with Crippen LogP contribution in [0.25, 0.3) is 0 Å². The summed E-state index contributed by atoms with van der Waals surface area (Å²) in [5, 5.41) is 2.78. The number of ether oxygens (including phenoxy) is 2. The topological polar surface area (TPSA) is 47.6 Å². The number of hydrogen-bond donors (Lipinski definition) is 1. The Kier molecular flexibility index (Phi) is 6.61. The Morgan fingerprint density at radius 2 is 1.77 bits per heavy atom. The molecular weight excluding hydrogens is 333 g/mol. The van der Waals surface area contributed by atoms with E-state index in [-0.39, 0.29) is 17.1 Å². The van der Waals surface area contributed by atoms with Crippen molar-refractivity contribution in [3.05, 3.63) is 59.9 Å². The molecule has 5 heteroatoms. The second-order valence-corrected chi connectivity index (χ2v) is 7.10. The zero-order valence-corrected chi connectivity index (χ0v) is 15.7. The number of carbonyl (C=O) groups excluding carboxylic acids is 1. The molecule has 26 heavy (non-hydrogen) atoms. The van der Waals surface area contributed by atoms with Crippen molar-refractivity contribution in [2.24, 2.45) is 0 Å². The first-order valence-electron chi connectivity index (χ1n) is 8.69. The number of nitrogens with one attached hydrogen (secondary N) is 1. The maximum atomic E-state index is 12.9. The van der Waals surface area contributed by atoms with Gasteiger partial charge in [-0.05, 0) is 48.2 Å². The molecule has 1 amide bonds. The average Bonchev–Trinajstić information content (AvgIpc) is 2.60. The number of halogens is 1. The van der Waals surface area contributed by atoms with Gasteiger partial charge in [0.25, 0.3) is 5.91 Å². The van der Waals surface area contributed by atoms with Crippen molar-refractivity contribution >= 4 is 5.91 Å². The molecule has 1 atom stereocenters. The predicted octanol–water partition coefficient (Wildman–Crippen LogP) is 4.09. The van der Waals surface area contributed by atoms with Crippen molar-refractivity contribution in [2.75, 3.05) is 13.2 Å². The zero-order chi connectivity index (χ0) is 19.2. The van der Waals surface area contributed by atoms with Gasteiger partial charge in [0.15, 0.2) is 6.10 Å². The standard InChI is InChI=1S/C21H26FNO3/c1-15(26-17-11-9-16(22)10-12-17)20(24)23-13-14-25-19-8-6-5-7-18(19)21(2,3)4/h5-12,15H,13-14H2,1-4H3,(H,23,24). The molecule has 1 N–H and O–H groups in total. The van der Waals surface area contributed by atoms with Crippen LogP contribution in [0, 0.1) is 5.82 Å². The predicted molar refractivity (Wildman–Crippen MR) is 100 cm³/mol. The fraction of sp³-hybridized carbons (Fsp3) is 0.381. The summed E-state index contributed by atoms with van der Waals surface area (Å²) in [6.07, 6.45) is -0.678. The summed E-state index contributed by atoms with van der Waals surface area (Å²) in [7, 11) is 0. The lowest BCUT2D eigenvalue weighted by Gasteiger charge is -2.22. The van der Waals surface area contributed by atoms with Crippen LogP contribution in [-0.2, 0) is 10.2 Å². The van der Waals surface area contributed by atoms with E-state index >= 15 is 0 Å². The third kappa shape index (κ3) is 5.76. The molecule has 0 fully saturated rings. The summed E-state index contributed by atoms with van der Waals surface area (Å²) in [4.78, 5) is 12.1. The Morgan fingerprint density at radius 3 is 2.42 bits per heavy atom. The molecule has 0 heterocycles. The summed E-state index contributed by atoms with van der Waals surface area (Å²) in [6, 6.07) is 13.5. The van der Waals surface area contributed by atoms with E-state index in [1.165, 1.54) is 24.3 Å². The van der Waals surface area contributed by atoms with Crippen LogP contribution in [0.3, 0.4) is 0 Å². The highest BCUT2D eigenvalue weighted by molar-refractivity contribution is 5.80. The molecule has 0 aliphatic carbocycles. The highest BCUT2D eigenvalue weighted by Crippen LogP contribution is 2.30. The van der Waals surface area contributed by atoms with Crippen molar-refractivity contribution in [2.45, 2.75) is 39.2 Å². The molecule has 0 saturated carbocycles. The third-order valence-electron chi connectivity index (χ3n) is 3.85. The lowest BCUT2D eigenvalue weighted by atomic mass is 9.86. The van der Waals surface area contributed by atoms with E-state index in [0.717, 1.165) is 11.3 Å². The van der Waals surface area contributed by atoms with Gasteiger partial charge in [0.1, 0.15) is 23.9 Å². The van der Waals surface area contributed by atoms with E-state index in [9.17, 15) is 9.18 Å². The Bertz CT molecular complexity index is 723. The fourth-order valence-corrected chi connectivity index (χ4v) is 2.46. The van der Waals surface area contributed by atoms with E-state index in [2.05, 4.69) is 26.1 Å². The van der Waals surface area contributed by atoms with E-state index in [4.69, 9.17) is 9.47 Å². The molecule has 1 unspecified atom stereocenters. The van der Waals surface area contributed by atoms with E-state index in [0.29, 0.717) is 18.9 Å². The van der Waals surface area contributed by atoms with Crippen molar-refractivity contribution in [3.63, 3.8) is 0 Å². The van der Waals surface area contributed by atoms with Crippen LogP contribution < -0.4 is 14.8 Å². The van der Waals surface area contributed by atoms with Crippen LogP contribution in [-0.4, -0.2) is 25.2 Å². The summed E-state index contributed by atoms with van der Waals surface area (Å²) in [5.74, 6) is 0.679. The summed E-state index contributed by atoms with van der Waals surface area (Å²) < 4.78 is 24.2. The van der Waals surface area contributed by atoms with Crippen LogP contribution in [0.4, 0.5) is 4.39 Å². The SMILES string of the molecule is CC(Oc1ccc(F)cc1)C(=O)NCCOc1ccccc1C(C)(C)C. The van der Waals surface area contributed by atoms with Gasteiger partial charge in [-0.2, -0.15) is 0 Å². The quantitative estimate of drug-likeness (QED) is 0.758. The minimum Gasteiger partial charge on any atom is -0.491 e. The van der Waals surface area contributed by atoms with Crippen LogP contribution in [0.2, 0.25) is 0 Å². The van der Waals surface area contributed by atoms with Crippen LogP contribution in [0.15, 0.2) is 48.5 Å². The molecular formula is C21H26FNO3. The van der Waals surface area contributed by atoms with E-state index in [1.54, 1.807) is 6.92 Å². The lowest BCUT2D eigenvalue weighted by molar-refractivity contribution is -0.127. The highest BCUT2D eigenvalue weighted by atomic mass is 19.1. The summed E-state index contributed by atoms with van der Waals surface area (Å²) >= 11 is 0. The Labute approximate surface area is 154 Å². The Hall–Kier alpha value is -2.56. The summed E-state index contributed by atoms with van der Waals surface area (Å²) in [5.41, 5.74) is 1.11. The zero-order valence-electron chi connectivity index (χ0n) is 15.7.